The highest BCUT2D eigenvalue weighted by atomic mass is 32.2. The minimum Gasteiger partial charge on any atom is -0.383 e. The summed E-state index contributed by atoms with van der Waals surface area (Å²) in [5.41, 5.74) is 2.22. The number of fused-ring (bicyclic) bond motifs is 1. The number of methoxy groups -OCH3 is 1. The molecule has 1 aliphatic heterocycles. The molecule has 0 unspecified atom stereocenters. The lowest BCUT2D eigenvalue weighted by atomic mass is 10.1. The predicted octanol–water partition coefficient (Wildman–Crippen LogP) is 0.214. The molecular formula is C11H16N2O3S. The Hall–Kier alpha value is -0.950. The van der Waals surface area contributed by atoms with Crippen LogP contribution < -0.4 is 10.0 Å². The third-order valence-corrected chi connectivity index (χ3v) is 4.18. The van der Waals surface area contributed by atoms with Crippen molar-refractivity contribution in [1.29, 1.82) is 0 Å². The molecule has 0 radical (unpaired) electrons. The highest BCUT2D eigenvalue weighted by molar-refractivity contribution is 7.89. The van der Waals surface area contributed by atoms with Crippen LogP contribution in [0.1, 0.15) is 11.1 Å². The van der Waals surface area contributed by atoms with Crippen LogP contribution >= 0.6 is 0 Å². The van der Waals surface area contributed by atoms with Crippen molar-refractivity contribution in [3.63, 3.8) is 0 Å². The molecule has 2 rings (SSSR count). The maximum atomic E-state index is 11.9. The van der Waals surface area contributed by atoms with Gasteiger partial charge in [-0.25, -0.2) is 13.1 Å². The van der Waals surface area contributed by atoms with E-state index in [1.165, 1.54) is 12.7 Å². The van der Waals surface area contributed by atoms with Crippen LogP contribution in [0.15, 0.2) is 23.1 Å². The molecule has 0 bridgehead atoms. The minimum absolute atomic E-state index is 0.286. The largest absolute Gasteiger partial charge is 0.383 e. The van der Waals surface area contributed by atoms with E-state index < -0.39 is 10.0 Å². The lowest BCUT2D eigenvalue weighted by Gasteiger charge is -2.07. The van der Waals surface area contributed by atoms with Crippen molar-refractivity contribution in [2.45, 2.75) is 18.0 Å². The van der Waals surface area contributed by atoms with Crippen molar-refractivity contribution in [2.24, 2.45) is 0 Å². The van der Waals surface area contributed by atoms with E-state index in [9.17, 15) is 8.42 Å². The van der Waals surface area contributed by atoms with Gasteiger partial charge in [-0.1, -0.05) is 6.07 Å². The van der Waals surface area contributed by atoms with E-state index in [0.717, 1.165) is 18.7 Å². The monoisotopic (exact) mass is 256 g/mol. The van der Waals surface area contributed by atoms with Gasteiger partial charge in [-0.05, 0) is 23.3 Å². The summed E-state index contributed by atoms with van der Waals surface area (Å²) >= 11 is 0. The van der Waals surface area contributed by atoms with Crippen molar-refractivity contribution in [2.75, 3.05) is 20.3 Å². The summed E-state index contributed by atoms with van der Waals surface area (Å²) in [4.78, 5) is 0.316. The molecule has 5 nitrogen and oxygen atoms in total. The second kappa shape index (κ2) is 5.14. The van der Waals surface area contributed by atoms with Gasteiger partial charge in [0.25, 0.3) is 0 Å². The molecule has 1 aromatic rings. The topological polar surface area (TPSA) is 67.4 Å². The molecule has 1 aliphatic rings. The van der Waals surface area contributed by atoms with Crippen LogP contribution in [-0.2, 0) is 27.8 Å². The Morgan fingerprint density at radius 2 is 2.12 bits per heavy atom. The lowest BCUT2D eigenvalue weighted by molar-refractivity contribution is 0.204. The minimum atomic E-state index is -3.41. The normalized spacial score (nSPS) is 14.9. The maximum Gasteiger partial charge on any atom is 0.240 e. The van der Waals surface area contributed by atoms with Gasteiger partial charge in [-0.2, -0.15) is 0 Å². The van der Waals surface area contributed by atoms with Gasteiger partial charge in [0.1, 0.15) is 0 Å². The third-order valence-electron chi connectivity index (χ3n) is 2.72. The third kappa shape index (κ3) is 2.84. The second-order valence-corrected chi connectivity index (χ2v) is 5.69. The quantitative estimate of drug-likeness (QED) is 0.739. The van der Waals surface area contributed by atoms with Crippen molar-refractivity contribution in [3.8, 4) is 0 Å². The zero-order valence-electron chi connectivity index (χ0n) is 9.69. The van der Waals surface area contributed by atoms with E-state index in [1.54, 1.807) is 12.1 Å². The number of hydrogen-bond acceptors (Lipinski definition) is 4. The molecule has 0 saturated carbocycles. The first kappa shape index (κ1) is 12.5. The molecule has 2 N–H and O–H groups in total. The Bertz CT molecular complexity index is 499. The SMILES string of the molecule is COCCNS(=O)(=O)c1ccc2c(c1)CNC2. The number of ether oxygens (including phenoxy) is 1. The summed E-state index contributed by atoms with van der Waals surface area (Å²) in [6, 6.07) is 5.23. The Kier molecular flexibility index (Phi) is 3.78. The van der Waals surface area contributed by atoms with Crippen LogP contribution in [0.25, 0.3) is 0 Å². The Morgan fingerprint density at radius 1 is 1.35 bits per heavy atom. The van der Waals surface area contributed by atoms with Gasteiger partial charge < -0.3 is 10.1 Å². The molecule has 0 saturated heterocycles. The van der Waals surface area contributed by atoms with Gasteiger partial charge in [0, 0.05) is 26.7 Å². The van der Waals surface area contributed by atoms with Crippen LogP contribution in [0.2, 0.25) is 0 Å². The number of rotatable bonds is 5. The average molecular weight is 256 g/mol. The fourth-order valence-electron chi connectivity index (χ4n) is 1.80. The number of sulfonamides is 1. The Balaban J connectivity index is 2.16. The average Bonchev–Trinajstić information content (AvgIpc) is 2.76. The van der Waals surface area contributed by atoms with Gasteiger partial charge in [0.2, 0.25) is 10.0 Å². The molecule has 17 heavy (non-hydrogen) atoms. The van der Waals surface area contributed by atoms with Gasteiger partial charge in [0.05, 0.1) is 11.5 Å². The smallest absolute Gasteiger partial charge is 0.240 e. The van der Waals surface area contributed by atoms with Gasteiger partial charge in [-0.15, -0.1) is 0 Å². The molecule has 0 aromatic heterocycles. The fraction of sp³-hybridized carbons (Fsp3) is 0.455. The predicted molar refractivity (Wildman–Crippen MR) is 64.1 cm³/mol. The zero-order chi connectivity index (χ0) is 12.3. The van der Waals surface area contributed by atoms with E-state index >= 15 is 0 Å². The van der Waals surface area contributed by atoms with Gasteiger partial charge in [-0.3, -0.25) is 0 Å². The molecule has 1 aromatic carbocycles. The van der Waals surface area contributed by atoms with Crippen LogP contribution in [0.5, 0.6) is 0 Å². The lowest BCUT2D eigenvalue weighted by Crippen LogP contribution is -2.27. The van der Waals surface area contributed by atoms with Gasteiger partial charge >= 0.3 is 0 Å². The second-order valence-electron chi connectivity index (χ2n) is 3.92. The molecule has 0 atom stereocenters. The van der Waals surface area contributed by atoms with E-state index in [-0.39, 0.29) is 6.54 Å². The summed E-state index contributed by atoms with van der Waals surface area (Å²) in [5, 5.41) is 3.18. The van der Waals surface area contributed by atoms with Crippen molar-refractivity contribution in [3.05, 3.63) is 29.3 Å². The Morgan fingerprint density at radius 3 is 2.88 bits per heavy atom. The number of hydrogen-bond donors (Lipinski definition) is 2. The fourth-order valence-corrected chi connectivity index (χ4v) is 2.86. The standard InChI is InChI=1S/C11H16N2O3S/c1-16-5-4-13-17(14,15)11-3-2-9-7-12-8-10(9)6-11/h2-3,6,12-13H,4-5,7-8H2,1H3. The summed E-state index contributed by atoms with van der Waals surface area (Å²) in [6.45, 7) is 2.20. The van der Waals surface area contributed by atoms with Crippen LogP contribution in [0.4, 0.5) is 0 Å². The molecule has 1 heterocycles. The first-order valence-electron chi connectivity index (χ1n) is 5.44. The van der Waals surface area contributed by atoms with Gasteiger partial charge in [0.15, 0.2) is 0 Å². The Labute approximate surface area is 101 Å². The molecule has 0 fully saturated rings. The summed E-state index contributed by atoms with van der Waals surface area (Å²) < 4.78 is 31.1. The first-order valence-corrected chi connectivity index (χ1v) is 6.93. The van der Waals surface area contributed by atoms with E-state index in [4.69, 9.17) is 4.74 Å². The molecule has 0 spiro atoms. The molecule has 6 heteroatoms. The first-order chi connectivity index (χ1) is 8.13. The molecule has 94 valence electrons. The van der Waals surface area contributed by atoms with Crippen LogP contribution in [0.3, 0.4) is 0 Å². The molecule has 0 aliphatic carbocycles. The maximum absolute atomic E-state index is 11.9. The summed E-state index contributed by atoms with van der Waals surface area (Å²) in [5.74, 6) is 0. The van der Waals surface area contributed by atoms with E-state index in [0.29, 0.717) is 11.5 Å². The van der Waals surface area contributed by atoms with Crippen LogP contribution in [0, 0.1) is 0 Å². The highest BCUT2D eigenvalue weighted by Gasteiger charge is 2.17. The van der Waals surface area contributed by atoms with E-state index in [2.05, 4.69) is 10.0 Å². The van der Waals surface area contributed by atoms with Crippen LogP contribution in [-0.4, -0.2) is 28.7 Å². The summed E-state index contributed by atoms with van der Waals surface area (Å²) in [6.07, 6.45) is 0. The molecule has 0 amide bonds. The molecular weight excluding hydrogens is 240 g/mol. The van der Waals surface area contributed by atoms with Crippen molar-refractivity contribution < 1.29 is 13.2 Å². The summed E-state index contributed by atoms with van der Waals surface area (Å²) in [7, 11) is -1.87. The van der Waals surface area contributed by atoms with Crippen molar-refractivity contribution >= 4 is 10.0 Å². The zero-order valence-corrected chi connectivity index (χ0v) is 10.5. The van der Waals surface area contributed by atoms with E-state index in [1.807, 2.05) is 6.07 Å². The van der Waals surface area contributed by atoms with Crippen molar-refractivity contribution in [1.82, 2.24) is 10.0 Å². The number of benzene rings is 1. The highest BCUT2D eigenvalue weighted by Crippen LogP contribution is 2.19. The number of nitrogens with one attached hydrogen (secondary N) is 2.